The lowest BCUT2D eigenvalue weighted by molar-refractivity contribution is 0.589. The molecule has 0 spiro atoms. The van der Waals surface area contributed by atoms with E-state index in [1.165, 1.54) is 6.07 Å². The molecule has 0 nitrogen and oxygen atoms in total. The van der Waals surface area contributed by atoms with Crippen molar-refractivity contribution in [3.05, 3.63) is 27.7 Å². The van der Waals surface area contributed by atoms with Gasteiger partial charge in [0, 0.05) is 0 Å². The fraction of sp³-hybridized carbons (Fsp3) is 0.333. The van der Waals surface area contributed by atoms with Gasteiger partial charge in [-0.15, -0.1) is 0 Å². The third-order valence-electron chi connectivity index (χ3n) is 1.91. The number of hydrogen-bond donors (Lipinski definition) is 0. The lowest BCUT2D eigenvalue weighted by Gasteiger charge is -2.18. The van der Waals surface area contributed by atoms with E-state index in [0.29, 0.717) is 5.19 Å². The molecular weight excluding hydrogens is 245 g/mol. The van der Waals surface area contributed by atoms with Crippen LogP contribution in [0.4, 0.5) is 8.78 Å². The quantitative estimate of drug-likeness (QED) is 0.406. The molecule has 0 aliphatic heterocycles. The summed E-state index contributed by atoms with van der Waals surface area (Å²) in [5, 5.41) is -0.169. The van der Waals surface area contributed by atoms with E-state index in [9.17, 15) is 8.78 Å². The van der Waals surface area contributed by atoms with Crippen molar-refractivity contribution in [3.8, 4) is 0 Å². The van der Waals surface area contributed by atoms with Crippen molar-refractivity contribution in [3.63, 3.8) is 0 Å². The zero-order valence-corrected chi connectivity index (χ0v) is 10.6. The van der Waals surface area contributed by atoms with E-state index < -0.39 is 24.7 Å². The minimum Gasteiger partial charge on any atom is -0.205 e. The van der Waals surface area contributed by atoms with Crippen molar-refractivity contribution in [1.82, 2.24) is 0 Å². The largest absolute Gasteiger partial charge is 0.205 e. The summed E-state index contributed by atoms with van der Waals surface area (Å²) in [7, 11) is -1.87. The molecule has 0 saturated carbocycles. The summed E-state index contributed by atoms with van der Waals surface area (Å²) < 4.78 is 26.6. The molecule has 78 valence electrons. The average Bonchev–Trinajstić information content (AvgIpc) is 2.06. The molecule has 1 aromatic carbocycles. The lowest BCUT2D eigenvalue weighted by atomic mass is 10.3. The smallest absolute Gasteiger partial charge is 0.163 e. The molecule has 0 amide bonds. The second kappa shape index (κ2) is 3.80. The fourth-order valence-corrected chi connectivity index (χ4v) is 3.11. The Hall–Kier alpha value is -0.123. The molecule has 0 radical (unpaired) electrons. The highest BCUT2D eigenvalue weighted by Gasteiger charge is 2.25. The molecule has 0 fully saturated rings. The highest BCUT2D eigenvalue weighted by atomic mass is 35.5. The van der Waals surface area contributed by atoms with Gasteiger partial charge in [0.15, 0.2) is 5.82 Å². The number of benzene rings is 1. The first-order valence-corrected chi connectivity index (χ1v) is 8.34. The van der Waals surface area contributed by atoms with Crippen LogP contribution in [0.2, 0.25) is 29.7 Å². The van der Waals surface area contributed by atoms with Gasteiger partial charge < -0.3 is 0 Å². The predicted octanol–water partition coefficient (Wildman–Crippen LogP) is 3.82. The Morgan fingerprint density at radius 1 is 1.07 bits per heavy atom. The van der Waals surface area contributed by atoms with E-state index in [1.54, 1.807) is 0 Å². The Morgan fingerprint density at radius 3 is 2.00 bits per heavy atom. The van der Waals surface area contributed by atoms with Crippen molar-refractivity contribution in [1.29, 1.82) is 0 Å². The normalized spacial score (nSPS) is 11.9. The van der Waals surface area contributed by atoms with Crippen molar-refractivity contribution in [2.75, 3.05) is 0 Å². The average molecular weight is 255 g/mol. The molecule has 0 saturated heterocycles. The molecule has 0 heterocycles. The Morgan fingerprint density at radius 2 is 1.57 bits per heavy atom. The summed E-state index contributed by atoms with van der Waals surface area (Å²) in [6.07, 6.45) is 0. The highest BCUT2D eigenvalue weighted by molar-refractivity contribution is 6.89. The lowest BCUT2D eigenvalue weighted by Crippen LogP contribution is -2.40. The summed E-state index contributed by atoms with van der Waals surface area (Å²) in [5.74, 6) is -1.56. The van der Waals surface area contributed by atoms with Crippen LogP contribution < -0.4 is 5.19 Å². The van der Waals surface area contributed by atoms with Crippen LogP contribution in [0.3, 0.4) is 0 Å². The SMILES string of the molecule is C[Si](C)(C)c1cc(Cl)c(F)c(Cl)c1F. The van der Waals surface area contributed by atoms with Gasteiger partial charge in [-0.1, -0.05) is 42.8 Å². The molecule has 0 N–H and O–H groups in total. The molecule has 0 aliphatic carbocycles. The zero-order valence-electron chi connectivity index (χ0n) is 8.09. The van der Waals surface area contributed by atoms with Gasteiger partial charge in [-0.25, -0.2) is 8.78 Å². The molecule has 0 unspecified atom stereocenters. The molecule has 1 aromatic rings. The van der Waals surface area contributed by atoms with Crippen LogP contribution in [0.1, 0.15) is 0 Å². The Labute approximate surface area is 92.8 Å². The molecule has 1 rings (SSSR count). The summed E-state index contributed by atoms with van der Waals surface area (Å²) in [5.41, 5.74) is 0. The van der Waals surface area contributed by atoms with Crippen LogP contribution in [0.5, 0.6) is 0 Å². The van der Waals surface area contributed by atoms with E-state index in [4.69, 9.17) is 23.2 Å². The Balaban J connectivity index is 3.49. The molecular formula is C9H10Cl2F2Si. The van der Waals surface area contributed by atoms with Gasteiger partial charge in [0.05, 0.1) is 13.1 Å². The first-order chi connectivity index (χ1) is 6.25. The maximum atomic E-state index is 13.5. The maximum absolute atomic E-state index is 13.5. The molecule has 5 heteroatoms. The van der Waals surface area contributed by atoms with Crippen molar-refractivity contribution < 1.29 is 8.78 Å². The third-order valence-corrected chi connectivity index (χ3v) is 4.50. The molecule has 14 heavy (non-hydrogen) atoms. The van der Waals surface area contributed by atoms with Crippen molar-refractivity contribution in [2.45, 2.75) is 19.6 Å². The van der Waals surface area contributed by atoms with Crippen LogP contribution >= 0.6 is 23.2 Å². The summed E-state index contributed by atoms with van der Waals surface area (Å²) in [4.78, 5) is 0. The van der Waals surface area contributed by atoms with Gasteiger partial charge >= 0.3 is 0 Å². The monoisotopic (exact) mass is 254 g/mol. The highest BCUT2D eigenvalue weighted by Crippen LogP contribution is 2.25. The van der Waals surface area contributed by atoms with E-state index in [-0.39, 0.29) is 5.02 Å². The number of halogens is 4. The van der Waals surface area contributed by atoms with Gasteiger partial charge in [-0.3, -0.25) is 0 Å². The fourth-order valence-electron chi connectivity index (χ4n) is 1.12. The molecule has 0 bridgehead atoms. The maximum Gasteiger partial charge on any atom is 0.163 e. The molecule has 0 aliphatic rings. The first kappa shape index (κ1) is 11.9. The zero-order chi connectivity index (χ0) is 11.1. The second-order valence-corrected chi connectivity index (χ2v) is 9.92. The minimum atomic E-state index is -1.87. The van der Waals surface area contributed by atoms with Crippen LogP contribution in [0, 0.1) is 11.6 Å². The summed E-state index contributed by atoms with van der Waals surface area (Å²) in [6, 6.07) is 1.34. The van der Waals surface area contributed by atoms with E-state index in [2.05, 4.69) is 0 Å². The summed E-state index contributed by atoms with van der Waals surface area (Å²) >= 11 is 11.1. The van der Waals surface area contributed by atoms with E-state index in [0.717, 1.165) is 0 Å². The topological polar surface area (TPSA) is 0 Å². The standard InChI is InChI=1S/C9H10Cl2F2Si/c1-14(2,3)6-4-5(10)8(12)7(11)9(6)13/h4H,1-3H3. The second-order valence-electron chi connectivity index (χ2n) is 4.10. The molecule has 0 aromatic heterocycles. The van der Waals surface area contributed by atoms with Gasteiger partial charge in [0.2, 0.25) is 0 Å². The van der Waals surface area contributed by atoms with Gasteiger partial charge in [-0.05, 0) is 11.3 Å². The van der Waals surface area contributed by atoms with Crippen LogP contribution in [-0.4, -0.2) is 8.07 Å². The Kier molecular flexibility index (Phi) is 3.24. The van der Waals surface area contributed by atoms with Crippen molar-refractivity contribution >= 4 is 36.5 Å². The van der Waals surface area contributed by atoms with Crippen LogP contribution in [0.25, 0.3) is 0 Å². The van der Waals surface area contributed by atoms with Crippen LogP contribution in [0.15, 0.2) is 6.07 Å². The predicted molar refractivity (Wildman–Crippen MR) is 59.4 cm³/mol. The van der Waals surface area contributed by atoms with E-state index >= 15 is 0 Å². The number of hydrogen-bond acceptors (Lipinski definition) is 0. The third kappa shape index (κ3) is 2.10. The van der Waals surface area contributed by atoms with Crippen molar-refractivity contribution in [2.24, 2.45) is 0 Å². The van der Waals surface area contributed by atoms with Crippen LogP contribution in [-0.2, 0) is 0 Å². The van der Waals surface area contributed by atoms with Gasteiger partial charge in [-0.2, -0.15) is 0 Å². The minimum absolute atomic E-state index is 0.117. The van der Waals surface area contributed by atoms with Gasteiger partial charge in [0.1, 0.15) is 10.8 Å². The van der Waals surface area contributed by atoms with E-state index in [1.807, 2.05) is 19.6 Å². The summed E-state index contributed by atoms with van der Waals surface area (Å²) in [6.45, 7) is 5.82. The molecule has 0 atom stereocenters. The Bertz CT molecular complexity index is 372. The van der Waals surface area contributed by atoms with Gasteiger partial charge in [0.25, 0.3) is 0 Å². The number of rotatable bonds is 1. The first-order valence-electron chi connectivity index (χ1n) is 4.08.